The average molecular weight is 353 g/mol. The molecule has 136 valence electrons. The highest BCUT2D eigenvalue weighted by Crippen LogP contribution is 2.22. The standard InChI is InChI=1S/C21H23NO4/c1-14(2)13-20(24)22-18-9-7-16(8-10-18)15-3-5-17(6-4-15)19(23)11-12-21(25)26/h3-10,14H,11-13H2,1-2H3,(H,22,24)(H,25,26). The van der Waals surface area contributed by atoms with Gasteiger partial charge in [0.2, 0.25) is 5.91 Å². The van der Waals surface area contributed by atoms with Crippen molar-refractivity contribution >= 4 is 23.3 Å². The molecule has 0 heterocycles. The Bertz CT molecular complexity index is 777. The van der Waals surface area contributed by atoms with Gasteiger partial charge in [0, 0.05) is 24.1 Å². The van der Waals surface area contributed by atoms with Crippen molar-refractivity contribution in [2.75, 3.05) is 5.32 Å². The van der Waals surface area contributed by atoms with E-state index >= 15 is 0 Å². The Morgan fingerprint density at radius 1 is 0.885 bits per heavy atom. The number of benzene rings is 2. The Labute approximate surface area is 153 Å². The predicted octanol–water partition coefficient (Wildman–Crippen LogP) is 4.39. The summed E-state index contributed by atoms with van der Waals surface area (Å²) in [6, 6.07) is 14.6. The average Bonchev–Trinajstić information content (AvgIpc) is 2.59. The lowest BCUT2D eigenvalue weighted by Crippen LogP contribution is -2.13. The van der Waals surface area contributed by atoms with Crippen molar-refractivity contribution in [2.24, 2.45) is 5.92 Å². The van der Waals surface area contributed by atoms with E-state index in [0.717, 1.165) is 16.8 Å². The molecular formula is C21H23NO4. The Hall–Kier alpha value is -2.95. The van der Waals surface area contributed by atoms with Crippen LogP contribution < -0.4 is 5.32 Å². The molecule has 0 aromatic heterocycles. The van der Waals surface area contributed by atoms with Gasteiger partial charge in [0.05, 0.1) is 6.42 Å². The minimum atomic E-state index is -0.976. The van der Waals surface area contributed by atoms with Crippen LogP contribution >= 0.6 is 0 Å². The fourth-order valence-electron chi connectivity index (χ4n) is 2.54. The molecule has 5 nitrogen and oxygen atoms in total. The van der Waals surface area contributed by atoms with E-state index in [9.17, 15) is 14.4 Å². The summed E-state index contributed by atoms with van der Waals surface area (Å²) in [5.41, 5.74) is 3.17. The van der Waals surface area contributed by atoms with E-state index in [4.69, 9.17) is 5.11 Å². The number of anilines is 1. The van der Waals surface area contributed by atoms with Crippen LogP contribution in [0.15, 0.2) is 48.5 Å². The molecule has 2 rings (SSSR count). The number of ketones is 1. The zero-order valence-electron chi connectivity index (χ0n) is 15.0. The van der Waals surface area contributed by atoms with Crippen molar-refractivity contribution in [1.82, 2.24) is 0 Å². The van der Waals surface area contributed by atoms with Crippen LogP contribution in [0.2, 0.25) is 0 Å². The van der Waals surface area contributed by atoms with Gasteiger partial charge in [-0.25, -0.2) is 0 Å². The maximum absolute atomic E-state index is 11.9. The van der Waals surface area contributed by atoms with Crippen molar-refractivity contribution in [3.8, 4) is 11.1 Å². The molecule has 0 aliphatic heterocycles. The maximum Gasteiger partial charge on any atom is 0.303 e. The van der Waals surface area contributed by atoms with Crippen LogP contribution in [0.4, 0.5) is 5.69 Å². The van der Waals surface area contributed by atoms with Gasteiger partial charge in [0.1, 0.15) is 0 Å². The molecule has 2 aromatic rings. The van der Waals surface area contributed by atoms with Crippen LogP contribution in [-0.4, -0.2) is 22.8 Å². The third kappa shape index (κ3) is 5.84. The summed E-state index contributed by atoms with van der Waals surface area (Å²) >= 11 is 0. The van der Waals surface area contributed by atoms with E-state index < -0.39 is 5.97 Å². The number of carbonyl (C=O) groups is 3. The van der Waals surface area contributed by atoms with Crippen molar-refractivity contribution in [1.29, 1.82) is 0 Å². The van der Waals surface area contributed by atoms with Crippen molar-refractivity contribution in [3.05, 3.63) is 54.1 Å². The topological polar surface area (TPSA) is 83.5 Å². The summed E-state index contributed by atoms with van der Waals surface area (Å²) in [5.74, 6) is -0.847. The van der Waals surface area contributed by atoms with Crippen LogP contribution in [0.5, 0.6) is 0 Å². The van der Waals surface area contributed by atoms with Gasteiger partial charge in [0.25, 0.3) is 0 Å². The van der Waals surface area contributed by atoms with Gasteiger partial charge in [-0.15, -0.1) is 0 Å². The Morgan fingerprint density at radius 2 is 1.42 bits per heavy atom. The first-order chi connectivity index (χ1) is 12.3. The number of carbonyl (C=O) groups excluding carboxylic acids is 2. The van der Waals surface area contributed by atoms with E-state index in [2.05, 4.69) is 5.32 Å². The second-order valence-electron chi connectivity index (χ2n) is 6.62. The Balaban J connectivity index is 2.01. The summed E-state index contributed by atoms with van der Waals surface area (Å²) in [6.45, 7) is 4.00. The van der Waals surface area contributed by atoms with Crippen LogP contribution in [-0.2, 0) is 9.59 Å². The van der Waals surface area contributed by atoms with Gasteiger partial charge in [-0.2, -0.15) is 0 Å². The lowest BCUT2D eigenvalue weighted by atomic mass is 10.0. The van der Waals surface area contributed by atoms with E-state index in [1.54, 1.807) is 12.1 Å². The second-order valence-corrected chi connectivity index (χ2v) is 6.62. The summed E-state index contributed by atoms with van der Waals surface area (Å²) in [4.78, 5) is 34.3. The summed E-state index contributed by atoms with van der Waals surface area (Å²) < 4.78 is 0. The number of Topliss-reactive ketones (excluding diaryl/α,β-unsaturated/α-hetero) is 1. The van der Waals surface area contributed by atoms with Crippen molar-refractivity contribution < 1.29 is 19.5 Å². The molecule has 0 saturated heterocycles. The smallest absolute Gasteiger partial charge is 0.303 e. The fraction of sp³-hybridized carbons (Fsp3) is 0.286. The molecule has 0 bridgehead atoms. The van der Waals surface area contributed by atoms with Gasteiger partial charge in [-0.05, 0) is 29.2 Å². The van der Waals surface area contributed by atoms with Crippen molar-refractivity contribution in [2.45, 2.75) is 33.1 Å². The first kappa shape index (κ1) is 19.4. The molecule has 0 aliphatic carbocycles. The number of rotatable bonds is 8. The molecule has 0 fully saturated rings. The van der Waals surface area contributed by atoms with Crippen LogP contribution in [0.3, 0.4) is 0 Å². The largest absolute Gasteiger partial charge is 0.481 e. The molecular weight excluding hydrogens is 330 g/mol. The van der Waals surface area contributed by atoms with Gasteiger partial charge < -0.3 is 10.4 Å². The fourth-order valence-corrected chi connectivity index (χ4v) is 2.54. The summed E-state index contributed by atoms with van der Waals surface area (Å²) in [7, 11) is 0. The van der Waals surface area contributed by atoms with Crippen LogP contribution in [0, 0.1) is 5.92 Å². The van der Waals surface area contributed by atoms with Gasteiger partial charge in [0.15, 0.2) is 5.78 Å². The number of hydrogen-bond acceptors (Lipinski definition) is 3. The highest BCUT2D eigenvalue weighted by atomic mass is 16.4. The molecule has 2 aromatic carbocycles. The van der Waals surface area contributed by atoms with Crippen LogP contribution in [0.1, 0.15) is 43.5 Å². The number of nitrogens with one attached hydrogen (secondary N) is 1. The predicted molar refractivity (Wildman–Crippen MR) is 101 cm³/mol. The molecule has 0 spiro atoms. The highest BCUT2D eigenvalue weighted by Gasteiger charge is 2.09. The first-order valence-corrected chi connectivity index (χ1v) is 8.60. The Morgan fingerprint density at radius 3 is 1.92 bits per heavy atom. The van der Waals surface area contributed by atoms with Crippen molar-refractivity contribution in [3.63, 3.8) is 0 Å². The lowest BCUT2D eigenvalue weighted by molar-refractivity contribution is -0.137. The molecule has 0 saturated carbocycles. The van der Waals surface area contributed by atoms with E-state index in [1.165, 1.54) is 0 Å². The normalized spacial score (nSPS) is 10.6. The molecule has 0 aliphatic rings. The summed E-state index contributed by atoms with van der Waals surface area (Å²) in [5, 5.41) is 11.5. The molecule has 0 radical (unpaired) electrons. The second kappa shape index (κ2) is 8.94. The molecule has 1 amide bonds. The molecule has 0 atom stereocenters. The molecule has 5 heteroatoms. The maximum atomic E-state index is 11.9. The number of aliphatic carboxylic acids is 1. The highest BCUT2D eigenvalue weighted by molar-refractivity contribution is 5.97. The van der Waals surface area contributed by atoms with Gasteiger partial charge >= 0.3 is 5.97 Å². The molecule has 26 heavy (non-hydrogen) atoms. The SMILES string of the molecule is CC(C)CC(=O)Nc1ccc(-c2ccc(C(=O)CCC(=O)O)cc2)cc1. The van der Waals surface area contributed by atoms with Gasteiger partial charge in [-0.3, -0.25) is 14.4 Å². The minimum absolute atomic E-state index is 0.000544. The zero-order chi connectivity index (χ0) is 19.1. The van der Waals surface area contributed by atoms with E-state index in [-0.39, 0.29) is 24.5 Å². The summed E-state index contributed by atoms with van der Waals surface area (Å²) in [6.07, 6.45) is 0.323. The first-order valence-electron chi connectivity index (χ1n) is 8.60. The third-order valence-corrected chi connectivity index (χ3v) is 3.87. The van der Waals surface area contributed by atoms with Crippen LogP contribution in [0.25, 0.3) is 11.1 Å². The molecule has 2 N–H and O–H groups in total. The third-order valence-electron chi connectivity index (χ3n) is 3.87. The molecule has 0 unspecified atom stereocenters. The number of carboxylic acids is 1. The number of hydrogen-bond donors (Lipinski definition) is 2. The number of amides is 1. The van der Waals surface area contributed by atoms with E-state index in [0.29, 0.717) is 17.9 Å². The van der Waals surface area contributed by atoms with E-state index in [1.807, 2.05) is 50.2 Å². The minimum Gasteiger partial charge on any atom is -0.481 e. The number of carboxylic acid groups (broad SMARTS) is 1. The quantitative estimate of drug-likeness (QED) is 0.690. The monoisotopic (exact) mass is 353 g/mol. The van der Waals surface area contributed by atoms with Gasteiger partial charge in [-0.1, -0.05) is 50.2 Å². The Kier molecular flexibility index (Phi) is 6.67. The zero-order valence-corrected chi connectivity index (χ0v) is 15.0. The lowest BCUT2D eigenvalue weighted by Gasteiger charge is -2.08.